The number of aromatic nitrogens is 3. The van der Waals surface area contributed by atoms with Gasteiger partial charge in [0.2, 0.25) is 5.91 Å². The lowest BCUT2D eigenvalue weighted by Gasteiger charge is -2.21. The molecule has 0 unspecified atom stereocenters. The minimum atomic E-state index is -0.630. The first kappa shape index (κ1) is 23.7. The summed E-state index contributed by atoms with van der Waals surface area (Å²) in [5, 5.41) is 7.61. The number of hydrogen-bond acceptors (Lipinski definition) is 7. The molecule has 2 aromatic heterocycles. The zero-order valence-corrected chi connectivity index (χ0v) is 19.5. The molecule has 1 N–H and O–H groups in total. The Bertz CT molecular complexity index is 1210. The molecule has 10 nitrogen and oxygen atoms in total. The number of pyridine rings is 1. The fourth-order valence-electron chi connectivity index (χ4n) is 3.20. The van der Waals surface area contributed by atoms with Crippen LogP contribution in [0.1, 0.15) is 43.7 Å². The predicted octanol–water partition coefficient (Wildman–Crippen LogP) is 3.66. The highest BCUT2D eigenvalue weighted by atomic mass is 16.6. The summed E-state index contributed by atoms with van der Waals surface area (Å²) >= 11 is 0. The molecule has 3 rings (SSSR count). The minimum Gasteiger partial charge on any atom is -0.464 e. The number of carbonyl (C=O) groups is 3. The van der Waals surface area contributed by atoms with E-state index >= 15 is 0 Å². The van der Waals surface area contributed by atoms with E-state index in [1.54, 1.807) is 40.1 Å². The quantitative estimate of drug-likeness (QED) is 0.586. The molecule has 3 aromatic rings. The Balaban J connectivity index is 1.89. The third-order valence-corrected chi connectivity index (χ3v) is 4.59. The van der Waals surface area contributed by atoms with Gasteiger partial charge in [0.05, 0.1) is 24.9 Å². The fourth-order valence-corrected chi connectivity index (χ4v) is 3.20. The average Bonchev–Trinajstić information content (AvgIpc) is 3.10. The maximum atomic E-state index is 12.4. The fraction of sp³-hybridized carbons (Fsp3) is 0.348. The number of ether oxygens (including phenoxy) is 2. The van der Waals surface area contributed by atoms with Gasteiger partial charge in [0, 0.05) is 25.6 Å². The van der Waals surface area contributed by atoms with Gasteiger partial charge in [0.15, 0.2) is 5.69 Å². The third kappa shape index (κ3) is 5.85. The lowest BCUT2D eigenvalue weighted by molar-refractivity contribution is -0.116. The van der Waals surface area contributed by atoms with Crippen molar-refractivity contribution < 1.29 is 23.9 Å². The Hall–Kier alpha value is -3.95. The van der Waals surface area contributed by atoms with Crippen molar-refractivity contribution in [3.63, 3.8) is 0 Å². The summed E-state index contributed by atoms with van der Waals surface area (Å²) in [7, 11) is 2.92. The van der Waals surface area contributed by atoms with Gasteiger partial charge in [0.25, 0.3) is 0 Å². The molecular weight excluding hydrogens is 426 g/mol. The zero-order chi connectivity index (χ0) is 24.3. The first-order chi connectivity index (χ1) is 15.5. The highest BCUT2D eigenvalue weighted by Gasteiger charge is 2.24. The highest BCUT2D eigenvalue weighted by molar-refractivity contribution is 6.00. The number of fused-ring (bicyclic) bond motifs is 1. The van der Waals surface area contributed by atoms with Crippen molar-refractivity contribution in [1.82, 2.24) is 14.8 Å². The van der Waals surface area contributed by atoms with Crippen LogP contribution in [-0.2, 0) is 27.9 Å². The number of anilines is 2. The van der Waals surface area contributed by atoms with Gasteiger partial charge in [-0.2, -0.15) is 5.10 Å². The summed E-state index contributed by atoms with van der Waals surface area (Å²) in [4.78, 5) is 42.6. The number of nitrogens with one attached hydrogen (secondary N) is 1. The predicted molar refractivity (Wildman–Crippen MR) is 123 cm³/mol. The molecule has 0 aliphatic carbocycles. The van der Waals surface area contributed by atoms with E-state index in [1.807, 2.05) is 24.3 Å². The smallest absolute Gasteiger partial charge is 0.413 e. The van der Waals surface area contributed by atoms with Gasteiger partial charge < -0.3 is 14.4 Å². The minimum absolute atomic E-state index is 0.0537. The molecule has 0 saturated heterocycles. The molecule has 2 heterocycles. The van der Waals surface area contributed by atoms with Crippen molar-refractivity contribution in [2.24, 2.45) is 7.05 Å². The second-order valence-corrected chi connectivity index (χ2v) is 8.48. The van der Waals surface area contributed by atoms with Crippen molar-refractivity contribution in [3.05, 3.63) is 47.8 Å². The normalized spacial score (nSPS) is 11.2. The Kier molecular flexibility index (Phi) is 6.66. The molecule has 0 aliphatic rings. The molecule has 0 radical (unpaired) electrons. The van der Waals surface area contributed by atoms with Crippen LogP contribution in [0.5, 0.6) is 0 Å². The Morgan fingerprint density at radius 3 is 2.48 bits per heavy atom. The summed E-state index contributed by atoms with van der Waals surface area (Å²) < 4.78 is 11.5. The summed E-state index contributed by atoms with van der Waals surface area (Å²) in [5.41, 5.74) is 1.19. The van der Waals surface area contributed by atoms with E-state index in [0.29, 0.717) is 17.0 Å². The van der Waals surface area contributed by atoms with Crippen molar-refractivity contribution >= 4 is 40.4 Å². The van der Waals surface area contributed by atoms with Crippen molar-refractivity contribution in [2.75, 3.05) is 17.3 Å². The molecule has 0 saturated carbocycles. The van der Waals surface area contributed by atoms with Crippen LogP contribution in [0.4, 0.5) is 16.3 Å². The number of methoxy groups -OCH3 is 1. The highest BCUT2D eigenvalue weighted by Crippen LogP contribution is 2.24. The first-order valence-electron chi connectivity index (χ1n) is 10.3. The van der Waals surface area contributed by atoms with E-state index in [4.69, 9.17) is 9.47 Å². The molecular formula is C23H27N5O5. The monoisotopic (exact) mass is 453 g/mol. The maximum absolute atomic E-state index is 12.4. The van der Waals surface area contributed by atoms with Crippen LogP contribution in [-0.4, -0.2) is 45.4 Å². The summed E-state index contributed by atoms with van der Waals surface area (Å²) in [6.45, 7) is 6.94. The number of esters is 1. The van der Waals surface area contributed by atoms with Crippen LogP contribution < -0.4 is 10.2 Å². The standard InChI is InChI=1S/C23H27N5O5/c1-14(29)28(18-13-27(5)26-20(18)21(30)32-6)12-15-7-8-16-9-10-19(24-17(16)11-15)25-22(31)33-23(2,3)4/h7-11,13H,12H2,1-6H3,(H,24,25,31). The van der Waals surface area contributed by atoms with Crippen molar-refractivity contribution in [3.8, 4) is 0 Å². The third-order valence-electron chi connectivity index (χ3n) is 4.59. The molecule has 2 amide bonds. The van der Waals surface area contributed by atoms with Crippen LogP contribution in [0.3, 0.4) is 0 Å². The van der Waals surface area contributed by atoms with E-state index in [0.717, 1.165) is 10.9 Å². The van der Waals surface area contributed by atoms with Crippen molar-refractivity contribution in [1.29, 1.82) is 0 Å². The largest absolute Gasteiger partial charge is 0.464 e. The molecule has 33 heavy (non-hydrogen) atoms. The van der Waals surface area contributed by atoms with Crippen LogP contribution in [0, 0.1) is 0 Å². The second kappa shape index (κ2) is 9.27. The summed E-state index contributed by atoms with van der Waals surface area (Å²) in [6.07, 6.45) is 0.996. The van der Waals surface area contributed by atoms with Crippen molar-refractivity contribution in [2.45, 2.75) is 39.8 Å². The molecule has 0 aliphatic heterocycles. The lowest BCUT2D eigenvalue weighted by atomic mass is 10.1. The molecule has 0 spiro atoms. The van der Waals surface area contributed by atoms with E-state index in [9.17, 15) is 14.4 Å². The Labute approximate surface area is 191 Å². The van der Waals surface area contributed by atoms with Gasteiger partial charge in [-0.15, -0.1) is 0 Å². The Morgan fingerprint density at radius 2 is 1.85 bits per heavy atom. The van der Waals surface area contributed by atoms with Gasteiger partial charge in [-0.3, -0.25) is 14.8 Å². The molecule has 0 fully saturated rings. The van der Waals surface area contributed by atoms with Crippen LogP contribution in [0.25, 0.3) is 10.9 Å². The first-order valence-corrected chi connectivity index (χ1v) is 10.3. The molecule has 10 heteroatoms. The van der Waals surface area contributed by atoms with Crippen LogP contribution >= 0.6 is 0 Å². The number of rotatable bonds is 5. The van der Waals surface area contributed by atoms with E-state index in [1.165, 1.54) is 23.6 Å². The van der Waals surface area contributed by atoms with Gasteiger partial charge in [-0.05, 0) is 44.5 Å². The zero-order valence-electron chi connectivity index (χ0n) is 19.5. The van der Waals surface area contributed by atoms with Crippen LogP contribution in [0.2, 0.25) is 0 Å². The average molecular weight is 453 g/mol. The molecule has 0 atom stereocenters. The molecule has 0 bridgehead atoms. The van der Waals surface area contributed by atoms with Gasteiger partial charge in [-0.25, -0.2) is 14.6 Å². The van der Waals surface area contributed by atoms with E-state index in [2.05, 4.69) is 15.4 Å². The number of benzene rings is 1. The van der Waals surface area contributed by atoms with Gasteiger partial charge in [0.1, 0.15) is 11.4 Å². The van der Waals surface area contributed by atoms with Gasteiger partial charge in [-0.1, -0.05) is 12.1 Å². The molecule has 1 aromatic carbocycles. The molecule has 174 valence electrons. The number of nitrogens with zero attached hydrogens (tertiary/aromatic N) is 4. The SMILES string of the molecule is COC(=O)c1nn(C)cc1N(Cc1ccc2ccc(NC(=O)OC(C)(C)C)nc2c1)C(C)=O. The lowest BCUT2D eigenvalue weighted by Crippen LogP contribution is -2.29. The van der Waals surface area contributed by atoms with E-state index < -0.39 is 17.7 Å². The second-order valence-electron chi connectivity index (χ2n) is 8.48. The van der Waals surface area contributed by atoms with Gasteiger partial charge >= 0.3 is 12.1 Å². The van der Waals surface area contributed by atoms with Crippen LogP contribution in [0.15, 0.2) is 36.5 Å². The number of aryl methyl sites for hydroxylation is 1. The summed E-state index contributed by atoms with van der Waals surface area (Å²) in [5.74, 6) is -0.547. The van der Waals surface area contributed by atoms with E-state index in [-0.39, 0.29) is 18.1 Å². The number of carbonyl (C=O) groups excluding carboxylic acids is 3. The maximum Gasteiger partial charge on any atom is 0.413 e. The summed E-state index contributed by atoms with van der Waals surface area (Å²) in [6, 6.07) is 9.08. The number of hydrogen-bond donors (Lipinski definition) is 1. The topological polar surface area (TPSA) is 116 Å². The number of amides is 2. The Morgan fingerprint density at radius 1 is 1.15 bits per heavy atom.